The number of nitrogens with zero attached hydrogens (tertiary/aromatic N) is 1. The monoisotopic (exact) mass is 300 g/mol. The summed E-state index contributed by atoms with van der Waals surface area (Å²) in [4.78, 5) is 0.388. The Morgan fingerprint density at radius 1 is 1.21 bits per heavy atom. The lowest BCUT2D eigenvalue weighted by Gasteiger charge is -2.22. The van der Waals surface area contributed by atoms with E-state index in [2.05, 4.69) is 0 Å². The van der Waals surface area contributed by atoms with Crippen LogP contribution in [0.25, 0.3) is 0 Å². The van der Waals surface area contributed by atoms with Gasteiger partial charge in [0.15, 0.2) is 0 Å². The van der Waals surface area contributed by atoms with Crippen molar-refractivity contribution < 1.29 is 8.42 Å². The van der Waals surface area contributed by atoms with Crippen LogP contribution in [0.15, 0.2) is 17.0 Å². The minimum Gasteiger partial charge on any atom is -0.398 e. The quantitative estimate of drug-likeness (QED) is 0.849. The molecule has 1 aromatic rings. The van der Waals surface area contributed by atoms with Crippen LogP contribution in [-0.2, 0) is 10.0 Å². The van der Waals surface area contributed by atoms with Gasteiger partial charge in [-0.15, -0.1) is 0 Å². The first-order valence-corrected chi connectivity index (χ1v) is 8.97. The molecule has 0 spiro atoms. The molecule has 1 aliphatic rings. The van der Waals surface area contributed by atoms with Crippen LogP contribution >= 0.6 is 11.8 Å². The molecule has 0 unspecified atom stereocenters. The molecular weight excluding hydrogens is 280 g/mol. The summed E-state index contributed by atoms with van der Waals surface area (Å²) >= 11 is 1.81. The molecular formula is C13H20N2O2S2. The van der Waals surface area contributed by atoms with Crippen LogP contribution < -0.4 is 5.73 Å². The van der Waals surface area contributed by atoms with Crippen molar-refractivity contribution in [3.8, 4) is 0 Å². The number of nitrogen functional groups attached to an aromatic ring is 1. The molecule has 1 aromatic carbocycles. The lowest BCUT2D eigenvalue weighted by atomic mass is 10.1. The first kappa shape index (κ1) is 14.7. The Kier molecular flexibility index (Phi) is 4.43. The third-order valence-electron chi connectivity index (χ3n) is 3.42. The number of aryl methyl sites for hydroxylation is 1. The summed E-state index contributed by atoms with van der Waals surface area (Å²) in [6.07, 6.45) is 0.907. The van der Waals surface area contributed by atoms with Gasteiger partial charge in [-0.3, -0.25) is 0 Å². The van der Waals surface area contributed by atoms with E-state index in [1.165, 1.54) is 0 Å². The lowest BCUT2D eigenvalue weighted by molar-refractivity contribution is 0.434. The van der Waals surface area contributed by atoms with E-state index in [4.69, 9.17) is 5.73 Å². The zero-order valence-corrected chi connectivity index (χ0v) is 13.0. The Labute approximate surface area is 119 Å². The Bertz CT molecular complexity index is 562. The molecule has 4 nitrogen and oxygen atoms in total. The van der Waals surface area contributed by atoms with Crippen molar-refractivity contribution in [2.45, 2.75) is 25.2 Å². The fourth-order valence-electron chi connectivity index (χ4n) is 2.33. The number of anilines is 1. The second kappa shape index (κ2) is 5.73. The highest BCUT2D eigenvalue weighted by molar-refractivity contribution is 7.99. The zero-order valence-electron chi connectivity index (χ0n) is 11.3. The van der Waals surface area contributed by atoms with Gasteiger partial charge in [0.1, 0.15) is 0 Å². The molecule has 0 bridgehead atoms. The van der Waals surface area contributed by atoms with Crippen molar-refractivity contribution in [3.63, 3.8) is 0 Å². The van der Waals surface area contributed by atoms with Gasteiger partial charge in [-0.2, -0.15) is 16.1 Å². The number of rotatable bonds is 2. The molecule has 0 radical (unpaired) electrons. The lowest BCUT2D eigenvalue weighted by Crippen LogP contribution is -2.34. The maximum Gasteiger partial charge on any atom is 0.243 e. The molecule has 2 N–H and O–H groups in total. The molecule has 1 aliphatic heterocycles. The van der Waals surface area contributed by atoms with Crippen molar-refractivity contribution in [3.05, 3.63) is 23.3 Å². The van der Waals surface area contributed by atoms with Crippen molar-refractivity contribution in [1.82, 2.24) is 4.31 Å². The molecule has 2 rings (SSSR count). The highest BCUT2D eigenvalue weighted by Crippen LogP contribution is 2.28. The number of thioether (sulfide) groups is 1. The third kappa shape index (κ3) is 2.90. The molecule has 0 aromatic heterocycles. The van der Waals surface area contributed by atoms with Crippen molar-refractivity contribution in [1.29, 1.82) is 0 Å². The van der Waals surface area contributed by atoms with Gasteiger partial charge in [0, 0.05) is 24.5 Å². The van der Waals surface area contributed by atoms with E-state index in [-0.39, 0.29) is 0 Å². The van der Waals surface area contributed by atoms with E-state index in [1.54, 1.807) is 23.4 Å². The molecule has 1 saturated heterocycles. The summed E-state index contributed by atoms with van der Waals surface area (Å²) in [7, 11) is -3.43. The Morgan fingerprint density at radius 3 is 2.68 bits per heavy atom. The van der Waals surface area contributed by atoms with E-state index in [1.807, 2.05) is 18.7 Å². The number of hydrogen-bond acceptors (Lipinski definition) is 4. The number of sulfonamides is 1. The van der Waals surface area contributed by atoms with Crippen LogP contribution in [0.3, 0.4) is 0 Å². The van der Waals surface area contributed by atoms with Crippen LogP contribution in [0.2, 0.25) is 0 Å². The minimum atomic E-state index is -3.43. The van der Waals surface area contributed by atoms with Gasteiger partial charge in [-0.1, -0.05) is 6.07 Å². The average Bonchev–Trinajstić information content (AvgIpc) is 2.63. The first-order chi connectivity index (χ1) is 8.94. The summed E-state index contributed by atoms with van der Waals surface area (Å²) in [5, 5.41) is 0. The summed E-state index contributed by atoms with van der Waals surface area (Å²) in [5.74, 6) is 1.89. The first-order valence-electron chi connectivity index (χ1n) is 6.38. The van der Waals surface area contributed by atoms with E-state index in [0.29, 0.717) is 29.2 Å². The normalized spacial score (nSPS) is 18.2. The van der Waals surface area contributed by atoms with Crippen molar-refractivity contribution in [2.75, 3.05) is 30.3 Å². The largest absolute Gasteiger partial charge is 0.398 e. The van der Waals surface area contributed by atoms with Crippen LogP contribution in [0, 0.1) is 13.8 Å². The Balaban J connectivity index is 2.47. The Morgan fingerprint density at radius 2 is 1.95 bits per heavy atom. The van der Waals surface area contributed by atoms with Crippen LogP contribution in [-0.4, -0.2) is 37.3 Å². The van der Waals surface area contributed by atoms with E-state index >= 15 is 0 Å². The summed E-state index contributed by atoms with van der Waals surface area (Å²) in [5.41, 5.74) is 7.83. The standard InChI is InChI=1S/C13H20N2O2S2/c1-10-4-5-12(14)11(2)13(10)19(16,17)15-6-3-8-18-9-7-15/h4-5H,3,6-9,14H2,1-2H3. The smallest absolute Gasteiger partial charge is 0.243 e. The van der Waals surface area contributed by atoms with Gasteiger partial charge < -0.3 is 5.73 Å². The summed E-state index contributed by atoms with van der Waals surface area (Å²) in [6, 6.07) is 3.55. The fourth-order valence-corrected chi connectivity index (χ4v) is 5.27. The zero-order chi connectivity index (χ0) is 14.0. The molecule has 0 saturated carbocycles. The Hall–Kier alpha value is -0.720. The predicted octanol–water partition coefficient (Wildman–Crippen LogP) is 2.01. The van der Waals surface area contributed by atoms with Crippen molar-refractivity contribution >= 4 is 27.5 Å². The average molecular weight is 300 g/mol. The molecule has 1 heterocycles. The van der Waals surface area contributed by atoms with Crippen LogP contribution in [0.1, 0.15) is 17.5 Å². The molecule has 0 amide bonds. The van der Waals surface area contributed by atoms with Gasteiger partial charge in [-0.05, 0) is 43.2 Å². The van der Waals surface area contributed by atoms with Crippen molar-refractivity contribution in [2.24, 2.45) is 0 Å². The summed E-state index contributed by atoms with van der Waals surface area (Å²) < 4.78 is 27.2. The second-order valence-electron chi connectivity index (χ2n) is 4.80. The second-order valence-corrected chi connectivity index (χ2v) is 7.90. The number of hydrogen-bond donors (Lipinski definition) is 1. The van der Waals surface area contributed by atoms with Crippen LogP contribution in [0.5, 0.6) is 0 Å². The van der Waals surface area contributed by atoms with E-state index in [9.17, 15) is 8.42 Å². The highest BCUT2D eigenvalue weighted by Gasteiger charge is 2.28. The fraction of sp³-hybridized carbons (Fsp3) is 0.538. The SMILES string of the molecule is Cc1ccc(N)c(C)c1S(=O)(=O)N1CCCSCC1. The summed E-state index contributed by atoms with van der Waals surface area (Å²) in [6.45, 7) is 4.79. The van der Waals surface area contributed by atoms with E-state index in [0.717, 1.165) is 23.5 Å². The van der Waals surface area contributed by atoms with Gasteiger partial charge in [0.05, 0.1) is 4.90 Å². The minimum absolute atomic E-state index is 0.388. The topological polar surface area (TPSA) is 63.4 Å². The number of nitrogens with two attached hydrogens (primary N) is 1. The molecule has 0 aliphatic carbocycles. The maximum absolute atomic E-state index is 12.8. The van der Waals surface area contributed by atoms with E-state index < -0.39 is 10.0 Å². The van der Waals surface area contributed by atoms with Gasteiger partial charge in [0.2, 0.25) is 10.0 Å². The van der Waals surface area contributed by atoms with Gasteiger partial charge >= 0.3 is 0 Å². The number of benzene rings is 1. The van der Waals surface area contributed by atoms with Crippen LogP contribution in [0.4, 0.5) is 5.69 Å². The van der Waals surface area contributed by atoms with Gasteiger partial charge in [-0.25, -0.2) is 8.42 Å². The highest BCUT2D eigenvalue weighted by atomic mass is 32.2. The third-order valence-corrected chi connectivity index (χ3v) is 6.66. The molecule has 0 atom stereocenters. The molecule has 19 heavy (non-hydrogen) atoms. The maximum atomic E-state index is 12.8. The molecule has 1 fully saturated rings. The molecule has 6 heteroatoms. The molecule has 106 valence electrons. The van der Waals surface area contributed by atoms with Gasteiger partial charge in [0.25, 0.3) is 0 Å². The predicted molar refractivity (Wildman–Crippen MR) is 81.0 cm³/mol.